The van der Waals surface area contributed by atoms with E-state index in [1.54, 1.807) is 0 Å². The van der Waals surface area contributed by atoms with E-state index in [9.17, 15) is 4.79 Å². The van der Waals surface area contributed by atoms with Crippen molar-refractivity contribution in [1.82, 2.24) is 5.32 Å². The second-order valence-corrected chi connectivity index (χ2v) is 4.65. The summed E-state index contributed by atoms with van der Waals surface area (Å²) in [6.45, 7) is 3.25. The molecular weight excluding hydrogens is 272 g/mol. The first kappa shape index (κ1) is 20.4. The number of carbonyl (C=O) groups is 1. The molecule has 0 aliphatic carbocycles. The molecule has 0 saturated carbocycles. The van der Waals surface area contributed by atoms with E-state index >= 15 is 0 Å². The number of carbonyl (C=O) groups excluding carboxylic acids is 1. The highest BCUT2D eigenvalue weighted by molar-refractivity contribution is 6.05. The minimum atomic E-state index is -0.244. The highest BCUT2D eigenvalue weighted by Crippen LogP contribution is 2.20. The van der Waals surface area contributed by atoms with Crippen molar-refractivity contribution in [3.05, 3.63) is 0 Å². The topological polar surface area (TPSA) is 38.3 Å². The highest BCUT2D eigenvalue weighted by atomic mass is 35.5. The Labute approximate surface area is 124 Å². The third-order valence-electron chi connectivity index (χ3n) is 3.38. The van der Waals surface area contributed by atoms with Gasteiger partial charge in [0.2, 0.25) is 0 Å². The van der Waals surface area contributed by atoms with Gasteiger partial charge >= 0.3 is 8.05 Å². The summed E-state index contributed by atoms with van der Waals surface area (Å²) in [5.74, 6) is -0.251. The third-order valence-corrected chi connectivity index (χ3v) is 3.38. The summed E-state index contributed by atoms with van der Waals surface area (Å²) >= 11 is 0. The molecule has 1 fully saturated rings. The first-order chi connectivity index (χ1) is 7.77. The average molecular weight is 296 g/mol. The summed E-state index contributed by atoms with van der Waals surface area (Å²) < 4.78 is 4.37. The van der Waals surface area contributed by atoms with Gasteiger partial charge in [-0.25, -0.2) is 0 Å². The molecule has 1 aliphatic rings. The van der Waals surface area contributed by atoms with Gasteiger partial charge in [-0.1, -0.05) is 19.8 Å². The van der Waals surface area contributed by atoms with Gasteiger partial charge in [-0.15, -0.1) is 24.8 Å². The van der Waals surface area contributed by atoms with Crippen molar-refractivity contribution in [2.24, 2.45) is 5.92 Å². The fourth-order valence-corrected chi connectivity index (χ4v) is 2.33. The van der Waals surface area contributed by atoms with Crippen LogP contribution in [0.25, 0.3) is 0 Å². The van der Waals surface area contributed by atoms with E-state index in [-0.39, 0.29) is 36.7 Å². The van der Waals surface area contributed by atoms with Gasteiger partial charge in [0, 0.05) is 6.04 Å². The van der Waals surface area contributed by atoms with Crippen molar-refractivity contribution >= 4 is 38.8 Å². The zero-order chi connectivity index (χ0) is 11.8. The lowest BCUT2D eigenvalue weighted by Crippen LogP contribution is -2.24. The lowest BCUT2D eigenvalue weighted by atomic mass is 9.94. The van der Waals surface area contributed by atoms with Crippen LogP contribution < -0.4 is 5.32 Å². The van der Waals surface area contributed by atoms with E-state index in [2.05, 4.69) is 16.9 Å². The van der Waals surface area contributed by atoms with E-state index in [4.69, 9.17) is 8.05 Å². The molecule has 1 N–H and O–H groups in total. The van der Waals surface area contributed by atoms with Gasteiger partial charge < -0.3 is 9.97 Å². The molecular formula is C12H24BCl2NO2. The molecule has 2 atom stereocenters. The number of halogens is 2. The second-order valence-electron chi connectivity index (χ2n) is 4.65. The molecule has 1 aliphatic heterocycles. The summed E-state index contributed by atoms with van der Waals surface area (Å²) in [7, 11) is 4.96. The predicted molar refractivity (Wildman–Crippen MR) is 79.6 cm³/mol. The Bertz CT molecular complexity index is 214. The van der Waals surface area contributed by atoms with Gasteiger partial charge in [-0.2, -0.15) is 0 Å². The fourth-order valence-electron chi connectivity index (χ4n) is 2.33. The molecule has 1 heterocycles. The molecule has 0 spiro atoms. The zero-order valence-electron chi connectivity index (χ0n) is 11.0. The Morgan fingerprint density at radius 3 is 2.67 bits per heavy atom. The van der Waals surface area contributed by atoms with Crippen molar-refractivity contribution in [3.63, 3.8) is 0 Å². The van der Waals surface area contributed by atoms with Crippen LogP contribution in [0.15, 0.2) is 0 Å². The van der Waals surface area contributed by atoms with Gasteiger partial charge in [0.05, 0.1) is 5.92 Å². The molecule has 18 heavy (non-hydrogen) atoms. The smallest absolute Gasteiger partial charge is 0.378 e. The van der Waals surface area contributed by atoms with E-state index in [1.807, 2.05) is 0 Å². The second kappa shape index (κ2) is 12.1. The first-order valence-electron chi connectivity index (χ1n) is 6.41. The molecule has 1 saturated heterocycles. The summed E-state index contributed by atoms with van der Waals surface area (Å²) in [5, 5.41) is 3.44. The third kappa shape index (κ3) is 7.50. The van der Waals surface area contributed by atoms with Crippen LogP contribution in [0.5, 0.6) is 0 Å². The lowest BCUT2D eigenvalue weighted by molar-refractivity contribution is -0.139. The molecule has 0 bridgehead atoms. The van der Waals surface area contributed by atoms with Crippen molar-refractivity contribution in [1.29, 1.82) is 0 Å². The average Bonchev–Trinajstić information content (AvgIpc) is 2.81. The van der Waals surface area contributed by atoms with Crippen LogP contribution >= 0.6 is 24.8 Å². The van der Waals surface area contributed by atoms with Crippen LogP contribution in [-0.4, -0.2) is 26.6 Å². The maximum Gasteiger partial charge on any atom is 0.378 e. The molecule has 6 heteroatoms. The number of hydrogen-bond acceptors (Lipinski definition) is 3. The van der Waals surface area contributed by atoms with Crippen LogP contribution in [0.1, 0.15) is 51.9 Å². The summed E-state index contributed by atoms with van der Waals surface area (Å²) in [5.41, 5.74) is 0. The van der Waals surface area contributed by atoms with Gasteiger partial charge in [-0.05, 0) is 38.6 Å². The van der Waals surface area contributed by atoms with E-state index in [0.29, 0.717) is 6.04 Å². The van der Waals surface area contributed by atoms with Crippen LogP contribution in [0.4, 0.5) is 0 Å². The normalized spacial score (nSPS) is 19.5. The summed E-state index contributed by atoms with van der Waals surface area (Å²) in [6.07, 6.45) is 7.52. The van der Waals surface area contributed by atoms with Crippen molar-refractivity contribution in [2.45, 2.75) is 57.9 Å². The van der Waals surface area contributed by atoms with Gasteiger partial charge in [0.15, 0.2) is 0 Å². The molecule has 0 aromatic heterocycles. The quantitative estimate of drug-likeness (QED) is 0.734. The minimum absolute atomic E-state index is 0. The monoisotopic (exact) mass is 295 g/mol. The molecule has 0 amide bonds. The van der Waals surface area contributed by atoms with Crippen molar-refractivity contribution in [2.75, 3.05) is 6.54 Å². The number of nitrogens with one attached hydrogen (secondary N) is 1. The van der Waals surface area contributed by atoms with E-state index in [1.165, 1.54) is 12.8 Å². The fraction of sp³-hybridized carbons (Fsp3) is 0.917. The van der Waals surface area contributed by atoms with E-state index < -0.39 is 0 Å². The van der Waals surface area contributed by atoms with Crippen molar-refractivity contribution < 1.29 is 9.45 Å². The molecule has 106 valence electrons. The van der Waals surface area contributed by atoms with Crippen LogP contribution in [0.3, 0.4) is 0 Å². The first-order valence-corrected chi connectivity index (χ1v) is 6.41. The maximum atomic E-state index is 11.5. The molecule has 0 aromatic carbocycles. The summed E-state index contributed by atoms with van der Waals surface area (Å²) in [6, 6.07) is 0.592. The predicted octanol–water partition coefficient (Wildman–Crippen LogP) is 2.80. The van der Waals surface area contributed by atoms with Crippen LogP contribution in [0.2, 0.25) is 0 Å². The number of hydrogen-bond donors (Lipinski definition) is 1. The van der Waals surface area contributed by atoms with Gasteiger partial charge in [0.25, 0.3) is 5.97 Å². The molecule has 0 aromatic rings. The largest absolute Gasteiger partial charge is 0.543 e. The highest BCUT2D eigenvalue weighted by Gasteiger charge is 2.21. The maximum absolute atomic E-state index is 11.5. The molecule has 1 unspecified atom stereocenters. The van der Waals surface area contributed by atoms with Gasteiger partial charge in [0.1, 0.15) is 0 Å². The number of unbranched alkanes of at least 4 members (excludes halogenated alkanes) is 1. The van der Waals surface area contributed by atoms with Crippen LogP contribution in [0, 0.1) is 5.92 Å². The SMILES string of the molecule is Cl.Cl.[B]OC(=O)C(CCCC)CC[C@H]1CCCN1. The number of rotatable bonds is 7. The Balaban J connectivity index is 0. The molecule has 1 rings (SSSR count). The Morgan fingerprint density at radius 1 is 1.44 bits per heavy atom. The van der Waals surface area contributed by atoms with E-state index in [0.717, 1.165) is 38.6 Å². The Hall–Kier alpha value is 0.0749. The Morgan fingerprint density at radius 2 is 2.17 bits per heavy atom. The Kier molecular flexibility index (Phi) is 13.7. The zero-order valence-corrected chi connectivity index (χ0v) is 12.7. The lowest BCUT2D eigenvalue weighted by Gasteiger charge is -2.17. The van der Waals surface area contributed by atoms with Crippen molar-refractivity contribution in [3.8, 4) is 0 Å². The van der Waals surface area contributed by atoms with Crippen LogP contribution in [-0.2, 0) is 9.45 Å². The molecule has 3 nitrogen and oxygen atoms in total. The minimum Gasteiger partial charge on any atom is -0.543 e. The standard InChI is InChI=1S/C12H22BNO2.2ClH/c1-2-3-5-10(12(15)16-13)7-8-11-6-4-9-14-11;;/h10-11,14H,2-9H2,1H3;2*1H/t10?,11-;;/m1../s1. The molecule has 2 radical (unpaired) electrons. The summed E-state index contributed by atoms with van der Waals surface area (Å²) in [4.78, 5) is 11.5. The van der Waals surface area contributed by atoms with Gasteiger partial charge in [-0.3, -0.25) is 4.79 Å².